The van der Waals surface area contributed by atoms with E-state index in [1.807, 2.05) is 6.92 Å². The first kappa shape index (κ1) is 19.8. The lowest BCUT2D eigenvalue weighted by Gasteiger charge is -2.12. The summed E-state index contributed by atoms with van der Waals surface area (Å²) < 4.78 is 25.9. The summed E-state index contributed by atoms with van der Waals surface area (Å²) in [5, 5.41) is 9.54. The number of aliphatic hydroxyl groups is 1. The molecule has 0 aliphatic carbocycles. The van der Waals surface area contributed by atoms with E-state index in [2.05, 4.69) is 0 Å². The fourth-order valence-electron chi connectivity index (χ4n) is 1.40. The minimum atomic E-state index is -0.753. The molecule has 0 saturated heterocycles. The highest BCUT2D eigenvalue weighted by Crippen LogP contribution is 1.98. The van der Waals surface area contributed by atoms with Crippen molar-refractivity contribution in [3.05, 3.63) is 0 Å². The van der Waals surface area contributed by atoms with E-state index in [1.54, 1.807) is 7.11 Å². The van der Waals surface area contributed by atoms with Gasteiger partial charge in [0.25, 0.3) is 0 Å². The van der Waals surface area contributed by atoms with Gasteiger partial charge in [0.2, 0.25) is 0 Å². The Hall–Kier alpha value is -0.240. The lowest BCUT2D eigenvalue weighted by atomic mass is 10.3. The maximum Gasteiger partial charge on any atom is 0.156 e. The highest BCUT2D eigenvalue weighted by molar-refractivity contribution is 4.44. The number of aliphatic hydroxyl groups excluding tert-OH is 1. The van der Waals surface area contributed by atoms with Crippen LogP contribution in [0.2, 0.25) is 0 Å². The highest BCUT2D eigenvalue weighted by Gasteiger charge is 2.03. The monoisotopic (exact) mass is 294 g/mol. The predicted octanol–water partition coefficient (Wildman–Crippen LogP) is 1.21. The maximum absolute atomic E-state index is 9.54. The van der Waals surface area contributed by atoms with Crippen LogP contribution in [0.5, 0.6) is 0 Å². The van der Waals surface area contributed by atoms with Crippen molar-refractivity contribution in [2.24, 2.45) is 0 Å². The molecule has 122 valence electrons. The Labute approximate surface area is 122 Å². The summed E-state index contributed by atoms with van der Waals surface area (Å²) in [6, 6.07) is 0. The van der Waals surface area contributed by atoms with Crippen molar-refractivity contribution in [3.63, 3.8) is 0 Å². The predicted molar refractivity (Wildman–Crippen MR) is 75.8 cm³/mol. The molecule has 1 unspecified atom stereocenters. The quantitative estimate of drug-likeness (QED) is 0.341. The van der Waals surface area contributed by atoms with Crippen molar-refractivity contribution in [2.75, 3.05) is 60.0 Å². The van der Waals surface area contributed by atoms with Crippen LogP contribution in [0.1, 0.15) is 26.2 Å². The molecule has 1 N–H and O–H groups in total. The van der Waals surface area contributed by atoms with E-state index in [-0.39, 0.29) is 0 Å². The lowest BCUT2D eigenvalue weighted by Crippen LogP contribution is -2.17. The van der Waals surface area contributed by atoms with Crippen molar-refractivity contribution < 1.29 is 28.8 Å². The third-order valence-electron chi connectivity index (χ3n) is 2.51. The number of ether oxygens (including phenoxy) is 5. The van der Waals surface area contributed by atoms with E-state index in [0.29, 0.717) is 59.3 Å². The van der Waals surface area contributed by atoms with Crippen molar-refractivity contribution in [2.45, 2.75) is 32.5 Å². The summed E-state index contributed by atoms with van der Waals surface area (Å²) in [7, 11) is 1.65. The van der Waals surface area contributed by atoms with Crippen LogP contribution in [0, 0.1) is 0 Å². The molecular weight excluding hydrogens is 264 g/mol. The standard InChI is InChI=1S/C14H30O6/c1-3-17-12-13-19-9-6-14(15)20-8-5-4-7-18-11-10-16-2/h14-15H,3-13H2,1-2H3. The van der Waals surface area contributed by atoms with Crippen LogP contribution in [-0.2, 0) is 23.7 Å². The van der Waals surface area contributed by atoms with E-state index in [1.165, 1.54) is 0 Å². The number of methoxy groups -OCH3 is 1. The molecular formula is C14H30O6. The zero-order valence-corrected chi connectivity index (χ0v) is 12.8. The molecule has 0 saturated carbocycles. The number of unbranched alkanes of at least 4 members (excludes halogenated alkanes) is 1. The average molecular weight is 294 g/mol. The Morgan fingerprint density at radius 1 is 0.800 bits per heavy atom. The van der Waals surface area contributed by atoms with E-state index in [0.717, 1.165) is 12.8 Å². The van der Waals surface area contributed by atoms with E-state index < -0.39 is 6.29 Å². The summed E-state index contributed by atoms with van der Waals surface area (Å²) >= 11 is 0. The molecule has 6 nitrogen and oxygen atoms in total. The Kier molecular flexibility index (Phi) is 16.6. The Balaban J connectivity index is 3.10. The van der Waals surface area contributed by atoms with Crippen molar-refractivity contribution in [3.8, 4) is 0 Å². The molecule has 0 aliphatic rings. The zero-order valence-electron chi connectivity index (χ0n) is 12.8. The minimum Gasteiger partial charge on any atom is -0.382 e. The number of rotatable bonds is 16. The Morgan fingerprint density at radius 3 is 2.20 bits per heavy atom. The van der Waals surface area contributed by atoms with E-state index in [9.17, 15) is 5.11 Å². The Morgan fingerprint density at radius 2 is 1.45 bits per heavy atom. The largest absolute Gasteiger partial charge is 0.382 e. The number of hydrogen-bond acceptors (Lipinski definition) is 6. The highest BCUT2D eigenvalue weighted by atomic mass is 16.6. The fraction of sp³-hybridized carbons (Fsp3) is 1.00. The smallest absolute Gasteiger partial charge is 0.156 e. The third kappa shape index (κ3) is 15.8. The summed E-state index contributed by atoms with van der Waals surface area (Å²) in [5.74, 6) is 0. The van der Waals surface area contributed by atoms with Crippen LogP contribution in [0.15, 0.2) is 0 Å². The topological polar surface area (TPSA) is 66.4 Å². The van der Waals surface area contributed by atoms with Gasteiger partial charge in [0, 0.05) is 33.4 Å². The van der Waals surface area contributed by atoms with E-state index >= 15 is 0 Å². The maximum atomic E-state index is 9.54. The van der Waals surface area contributed by atoms with Crippen LogP contribution < -0.4 is 0 Å². The second kappa shape index (κ2) is 16.8. The molecule has 0 radical (unpaired) electrons. The lowest BCUT2D eigenvalue weighted by molar-refractivity contribution is -0.115. The van der Waals surface area contributed by atoms with Gasteiger partial charge >= 0.3 is 0 Å². The molecule has 0 heterocycles. The molecule has 0 rings (SSSR count). The third-order valence-corrected chi connectivity index (χ3v) is 2.51. The van der Waals surface area contributed by atoms with Gasteiger partial charge in [0.1, 0.15) is 0 Å². The van der Waals surface area contributed by atoms with Crippen LogP contribution in [-0.4, -0.2) is 71.4 Å². The van der Waals surface area contributed by atoms with Crippen LogP contribution >= 0.6 is 0 Å². The van der Waals surface area contributed by atoms with Gasteiger partial charge in [-0.25, -0.2) is 0 Å². The van der Waals surface area contributed by atoms with Gasteiger partial charge in [-0.15, -0.1) is 0 Å². The van der Waals surface area contributed by atoms with Gasteiger partial charge in [-0.3, -0.25) is 0 Å². The van der Waals surface area contributed by atoms with Crippen molar-refractivity contribution in [1.82, 2.24) is 0 Å². The zero-order chi connectivity index (χ0) is 14.9. The minimum absolute atomic E-state index is 0.481. The SMILES string of the molecule is CCOCCOCCC(O)OCCCCOCCOC. The molecule has 0 amide bonds. The Bertz CT molecular complexity index is 179. The van der Waals surface area contributed by atoms with Gasteiger partial charge < -0.3 is 28.8 Å². The normalized spacial score (nSPS) is 12.8. The summed E-state index contributed by atoms with van der Waals surface area (Å²) in [5.41, 5.74) is 0. The average Bonchev–Trinajstić information content (AvgIpc) is 2.45. The van der Waals surface area contributed by atoms with Gasteiger partial charge in [-0.1, -0.05) is 0 Å². The van der Waals surface area contributed by atoms with Gasteiger partial charge in [-0.05, 0) is 19.8 Å². The van der Waals surface area contributed by atoms with Crippen molar-refractivity contribution in [1.29, 1.82) is 0 Å². The van der Waals surface area contributed by atoms with Crippen molar-refractivity contribution >= 4 is 0 Å². The first-order valence-corrected chi connectivity index (χ1v) is 7.33. The summed E-state index contributed by atoms with van der Waals surface area (Å²) in [6.07, 6.45) is 1.52. The second-order valence-corrected chi connectivity index (χ2v) is 4.24. The number of hydrogen-bond donors (Lipinski definition) is 1. The molecule has 0 aliphatic heterocycles. The van der Waals surface area contributed by atoms with Gasteiger partial charge in [0.15, 0.2) is 6.29 Å². The molecule has 0 aromatic carbocycles. The van der Waals surface area contributed by atoms with Gasteiger partial charge in [-0.2, -0.15) is 0 Å². The molecule has 6 heteroatoms. The van der Waals surface area contributed by atoms with Gasteiger partial charge in [0.05, 0.1) is 33.0 Å². The first-order valence-electron chi connectivity index (χ1n) is 7.33. The van der Waals surface area contributed by atoms with Crippen LogP contribution in [0.25, 0.3) is 0 Å². The molecule has 1 atom stereocenters. The van der Waals surface area contributed by atoms with E-state index in [4.69, 9.17) is 23.7 Å². The molecule has 20 heavy (non-hydrogen) atoms. The molecule has 0 aromatic heterocycles. The fourth-order valence-corrected chi connectivity index (χ4v) is 1.40. The molecule has 0 aromatic rings. The second-order valence-electron chi connectivity index (χ2n) is 4.24. The summed E-state index contributed by atoms with van der Waals surface area (Å²) in [4.78, 5) is 0. The molecule has 0 bridgehead atoms. The van der Waals surface area contributed by atoms with Crippen LogP contribution in [0.3, 0.4) is 0 Å². The first-order chi connectivity index (χ1) is 9.81. The molecule has 0 fully saturated rings. The van der Waals surface area contributed by atoms with Crippen LogP contribution in [0.4, 0.5) is 0 Å². The summed E-state index contributed by atoms with van der Waals surface area (Å²) in [6.45, 7) is 6.75. The molecule has 0 spiro atoms.